The molecule has 0 aliphatic carbocycles. The molecule has 1 heterocycles. The topological polar surface area (TPSA) is 73.4 Å². The van der Waals surface area contributed by atoms with Crippen LogP contribution in [0, 0.1) is 0 Å². The van der Waals surface area contributed by atoms with Gasteiger partial charge in [-0.25, -0.2) is 4.79 Å². The van der Waals surface area contributed by atoms with Crippen molar-refractivity contribution in [3.05, 3.63) is 35.5 Å². The summed E-state index contributed by atoms with van der Waals surface area (Å²) in [6, 6.07) is 7.37. The number of hydrogen-bond donors (Lipinski definition) is 2. The third-order valence-electron chi connectivity index (χ3n) is 3.87. The van der Waals surface area contributed by atoms with Crippen molar-refractivity contribution in [2.75, 3.05) is 13.1 Å². The minimum absolute atomic E-state index is 0.0248. The summed E-state index contributed by atoms with van der Waals surface area (Å²) in [5.41, 5.74) is 1.43. The van der Waals surface area contributed by atoms with Crippen LogP contribution in [-0.2, 0) is 11.2 Å². The van der Waals surface area contributed by atoms with Crippen LogP contribution in [0.25, 0.3) is 10.9 Å². The molecule has 0 saturated carbocycles. The van der Waals surface area contributed by atoms with E-state index in [1.807, 2.05) is 31.2 Å². The fraction of sp³-hybridized carbons (Fsp3) is 0.412. The largest absolute Gasteiger partial charge is 0.477 e. The third kappa shape index (κ3) is 3.30. The van der Waals surface area contributed by atoms with Gasteiger partial charge in [-0.2, -0.15) is 0 Å². The van der Waals surface area contributed by atoms with E-state index < -0.39 is 5.97 Å². The summed E-state index contributed by atoms with van der Waals surface area (Å²) in [5, 5.41) is 10.2. The Hall–Kier alpha value is -2.30. The highest BCUT2D eigenvalue weighted by Crippen LogP contribution is 2.23. The number of benzene rings is 1. The minimum atomic E-state index is -1.03. The number of aromatic amines is 1. The highest BCUT2D eigenvalue weighted by atomic mass is 16.4. The number of aromatic nitrogens is 1. The summed E-state index contributed by atoms with van der Waals surface area (Å²) in [5.74, 6) is -1.06. The Morgan fingerprint density at radius 2 is 1.95 bits per heavy atom. The van der Waals surface area contributed by atoms with Crippen LogP contribution in [0.2, 0.25) is 0 Å². The summed E-state index contributed by atoms with van der Waals surface area (Å²) in [4.78, 5) is 28.6. The van der Waals surface area contributed by atoms with Crippen LogP contribution in [0.3, 0.4) is 0 Å². The lowest BCUT2D eigenvalue weighted by atomic mass is 10.1. The Morgan fingerprint density at radius 1 is 1.23 bits per heavy atom. The van der Waals surface area contributed by atoms with Gasteiger partial charge in [-0.15, -0.1) is 0 Å². The Labute approximate surface area is 129 Å². The Balaban J connectivity index is 2.31. The molecule has 1 aromatic carbocycles. The van der Waals surface area contributed by atoms with E-state index in [-0.39, 0.29) is 18.0 Å². The number of carbonyl (C=O) groups excluding carboxylic acids is 1. The molecule has 2 N–H and O–H groups in total. The first-order chi connectivity index (χ1) is 10.6. The summed E-state index contributed by atoms with van der Waals surface area (Å²) in [7, 11) is 0. The predicted molar refractivity (Wildman–Crippen MR) is 86.1 cm³/mol. The van der Waals surface area contributed by atoms with Crippen LogP contribution in [-0.4, -0.2) is 40.0 Å². The van der Waals surface area contributed by atoms with E-state index >= 15 is 0 Å². The van der Waals surface area contributed by atoms with Crippen LogP contribution in [0.4, 0.5) is 0 Å². The fourth-order valence-corrected chi connectivity index (χ4v) is 2.64. The van der Waals surface area contributed by atoms with Gasteiger partial charge in [-0.3, -0.25) is 4.79 Å². The van der Waals surface area contributed by atoms with Crippen molar-refractivity contribution in [1.82, 2.24) is 9.88 Å². The molecule has 5 heteroatoms. The molecule has 0 spiro atoms. The normalized spacial score (nSPS) is 10.8. The quantitative estimate of drug-likeness (QED) is 0.825. The maximum atomic E-state index is 12.5. The van der Waals surface area contributed by atoms with E-state index in [0.717, 1.165) is 30.3 Å². The number of H-pyrrole nitrogens is 1. The van der Waals surface area contributed by atoms with Gasteiger partial charge in [0.1, 0.15) is 5.69 Å². The molecule has 2 rings (SSSR count). The maximum absolute atomic E-state index is 12.5. The van der Waals surface area contributed by atoms with Crippen molar-refractivity contribution in [3.8, 4) is 0 Å². The summed E-state index contributed by atoms with van der Waals surface area (Å²) in [6.07, 6.45) is 2.10. The molecule has 0 radical (unpaired) electrons. The number of unbranched alkanes of at least 4 members (excludes halogenated alkanes) is 1. The SMILES string of the molecule is CCCCN(CC)C(=O)Cc1c(C(=O)O)[nH]c2ccccc12. The first-order valence-electron chi connectivity index (χ1n) is 7.69. The molecule has 5 nitrogen and oxygen atoms in total. The zero-order valence-corrected chi connectivity index (χ0v) is 13.1. The van der Waals surface area contributed by atoms with Gasteiger partial charge in [-0.05, 0) is 19.4 Å². The van der Waals surface area contributed by atoms with Gasteiger partial charge in [0.25, 0.3) is 0 Å². The van der Waals surface area contributed by atoms with Crippen molar-refractivity contribution >= 4 is 22.8 Å². The molecular formula is C17H22N2O3. The van der Waals surface area contributed by atoms with Gasteiger partial charge in [0, 0.05) is 29.6 Å². The first kappa shape index (κ1) is 16.1. The summed E-state index contributed by atoms with van der Waals surface area (Å²) in [6.45, 7) is 5.39. The second kappa shape index (κ2) is 7.11. The van der Waals surface area contributed by atoms with E-state index in [1.54, 1.807) is 4.90 Å². The lowest BCUT2D eigenvalue weighted by Crippen LogP contribution is -2.33. The number of fused-ring (bicyclic) bond motifs is 1. The zero-order chi connectivity index (χ0) is 16.1. The zero-order valence-electron chi connectivity index (χ0n) is 13.1. The number of carbonyl (C=O) groups is 2. The van der Waals surface area contributed by atoms with Crippen molar-refractivity contribution in [2.45, 2.75) is 33.1 Å². The second-order valence-corrected chi connectivity index (χ2v) is 5.33. The van der Waals surface area contributed by atoms with Crippen molar-refractivity contribution in [1.29, 1.82) is 0 Å². The lowest BCUT2D eigenvalue weighted by molar-refractivity contribution is -0.130. The molecule has 2 aromatic rings. The highest BCUT2D eigenvalue weighted by molar-refractivity contribution is 5.99. The molecular weight excluding hydrogens is 280 g/mol. The van der Waals surface area contributed by atoms with Crippen LogP contribution in [0.15, 0.2) is 24.3 Å². The number of hydrogen-bond acceptors (Lipinski definition) is 2. The van der Waals surface area contributed by atoms with Gasteiger partial charge in [0.15, 0.2) is 0 Å². The molecule has 0 atom stereocenters. The fourth-order valence-electron chi connectivity index (χ4n) is 2.64. The number of para-hydroxylation sites is 1. The number of amides is 1. The summed E-state index contributed by atoms with van der Waals surface area (Å²) >= 11 is 0. The molecule has 0 bridgehead atoms. The van der Waals surface area contributed by atoms with Crippen molar-refractivity contribution < 1.29 is 14.7 Å². The van der Waals surface area contributed by atoms with E-state index in [2.05, 4.69) is 11.9 Å². The Morgan fingerprint density at radius 3 is 2.59 bits per heavy atom. The first-order valence-corrected chi connectivity index (χ1v) is 7.69. The van der Waals surface area contributed by atoms with Crippen LogP contribution in [0.1, 0.15) is 42.7 Å². The van der Waals surface area contributed by atoms with Gasteiger partial charge in [-0.1, -0.05) is 31.5 Å². The molecule has 1 amide bonds. The molecule has 0 unspecified atom stereocenters. The van der Waals surface area contributed by atoms with Gasteiger partial charge < -0.3 is 15.0 Å². The standard InChI is InChI=1S/C17H22N2O3/c1-3-5-10-19(4-2)15(20)11-13-12-8-6-7-9-14(12)18-16(13)17(21)22/h6-9,18H,3-5,10-11H2,1-2H3,(H,21,22). The van der Waals surface area contributed by atoms with Crippen molar-refractivity contribution in [2.24, 2.45) is 0 Å². The third-order valence-corrected chi connectivity index (χ3v) is 3.87. The molecule has 118 valence electrons. The van der Waals surface area contributed by atoms with Crippen molar-refractivity contribution in [3.63, 3.8) is 0 Å². The predicted octanol–water partition coefficient (Wildman–Crippen LogP) is 3.06. The Bertz CT molecular complexity index is 676. The molecule has 22 heavy (non-hydrogen) atoms. The molecule has 1 aromatic heterocycles. The maximum Gasteiger partial charge on any atom is 0.352 e. The average molecular weight is 302 g/mol. The summed E-state index contributed by atoms with van der Waals surface area (Å²) < 4.78 is 0. The number of rotatable bonds is 7. The molecule has 0 saturated heterocycles. The van der Waals surface area contributed by atoms with Gasteiger partial charge in [0.05, 0.1) is 6.42 Å². The lowest BCUT2D eigenvalue weighted by Gasteiger charge is -2.20. The minimum Gasteiger partial charge on any atom is -0.477 e. The van der Waals surface area contributed by atoms with Gasteiger partial charge in [0.2, 0.25) is 5.91 Å². The van der Waals surface area contributed by atoms with Gasteiger partial charge >= 0.3 is 5.97 Å². The number of carboxylic acid groups (broad SMARTS) is 1. The number of nitrogens with one attached hydrogen (secondary N) is 1. The van der Waals surface area contributed by atoms with Crippen LogP contribution >= 0.6 is 0 Å². The smallest absolute Gasteiger partial charge is 0.352 e. The number of aromatic carboxylic acids is 1. The average Bonchev–Trinajstić information content (AvgIpc) is 2.87. The Kier molecular flexibility index (Phi) is 5.20. The van der Waals surface area contributed by atoms with Crippen LogP contribution in [0.5, 0.6) is 0 Å². The van der Waals surface area contributed by atoms with E-state index in [9.17, 15) is 14.7 Å². The number of likely N-dealkylation sites (N-methyl/N-ethyl adjacent to an activating group) is 1. The molecule has 0 fully saturated rings. The molecule has 0 aliphatic heterocycles. The van der Waals surface area contributed by atoms with Crippen LogP contribution < -0.4 is 0 Å². The highest BCUT2D eigenvalue weighted by Gasteiger charge is 2.21. The van der Waals surface area contributed by atoms with E-state index in [4.69, 9.17) is 0 Å². The number of carboxylic acids is 1. The molecule has 0 aliphatic rings. The van der Waals surface area contributed by atoms with E-state index in [0.29, 0.717) is 12.1 Å². The van der Waals surface area contributed by atoms with E-state index in [1.165, 1.54) is 0 Å². The number of nitrogens with zero attached hydrogens (tertiary/aromatic N) is 1. The second-order valence-electron chi connectivity index (χ2n) is 5.33. The monoisotopic (exact) mass is 302 g/mol.